The maximum Gasteiger partial charge on any atom is 0.471 e. The van der Waals surface area contributed by atoms with Gasteiger partial charge in [-0.15, -0.1) is 0 Å². The van der Waals surface area contributed by atoms with E-state index in [-0.39, 0.29) is 24.9 Å². The van der Waals surface area contributed by atoms with Crippen molar-refractivity contribution in [2.45, 2.75) is 20.0 Å². The molecule has 0 unspecified atom stereocenters. The van der Waals surface area contributed by atoms with Crippen LogP contribution in [0, 0.1) is 19.7 Å². The van der Waals surface area contributed by atoms with Crippen LogP contribution >= 0.6 is 0 Å². The molecular weight excluding hydrogens is 400 g/mol. The number of rotatable bonds is 6. The van der Waals surface area contributed by atoms with E-state index in [0.717, 1.165) is 6.20 Å². The topological polar surface area (TPSA) is 103 Å². The standard InChI is InChI=1S/C17H14F4N4O4/c1-8-5-10(13-23-15(29-25-13)17(19,20)21)6-9(2)12(8)27-3-4-28-14-11(18)7-22-16(26)24-14/h5-7H,3-4H2,1-2H3,(H,22,24,26). The average Bonchev–Trinajstić information content (AvgIpc) is 3.13. The molecule has 0 aliphatic heterocycles. The molecule has 0 radical (unpaired) electrons. The number of hydrogen-bond donors (Lipinski definition) is 1. The second-order valence-corrected chi connectivity index (χ2v) is 5.92. The van der Waals surface area contributed by atoms with Gasteiger partial charge in [-0.25, -0.2) is 4.79 Å². The van der Waals surface area contributed by atoms with E-state index >= 15 is 0 Å². The lowest BCUT2D eigenvalue weighted by Gasteiger charge is -2.13. The number of benzene rings is 1. The molecule has 8 nitrogen and oxygen atoms in total. The monoisotopic (exact) mass is 414 g/mol. The van der Waals surface area contributed by atoms with Crippen molar-refractivity contribution >= 4 is 0 Å². The Morgan fingerprint density at radius 3 is 2.41 bits per heavy atom. The number of aromatic nitrogens is 4. The summed E-state index contributed by atoms with van der Waals surface area (Å²) in [6.45, 7) is 3.33. The highest BCUT2D eigenvalue weighted by molar-refractivity contribution is 5.61. The molecule has 1 aromatic carbocycles. The minimum Gasteiger partial charge on any atom is -0.489 e. The molecule has 2 aromatic heterocycles. The van der Waals surface area contributed by atoms with Gasteiger partial charge in [0, 0.05) is 5.56 Å². The number of ether oxygens (including phenoxy) is 2. The molecule has 154 valence electrons. The SMILES string of the molecule is Cc1cc(-c2noc(C(F)(F)F)n2)cc(C)c1OCCOc1[nH]c(=O)ncc1F. The molecule has 0 aliphatic carbocycles. The third kappa shape index (κ3) is 4.70. The molecule has 0 aliphatic rings. The van der Waals surface area contributed by atoms with Crippen LogP contribution in [0.2, 0.25) is 0 Å². The fourth-order valence-corrected chi connectivity index (χ4v) is 2.52. The summed E-state index contributed by atoms with van der Waals surface area (Å²) in [4.78, 5) is 19.7. The van der Waals surface area contributed by atoms with E-state index in [2.05, 4.69) is 24.6 Å². The normalized spacial score (nSPS) is 11.5. The van der Waals surface area contributed by atoms with Crippen molar-refractivity contribution in [3.05, 3.63) is 51.6 Å². The Labute approximate surface area is 160 Å². The van der Waals surface area contributed by atoms with Gasteiger partial charge in [0.15, 0.2) is 0 Å². The summed E-state index contributed by atoms with van der Waals surface area (Å²) in [6.07, 6.45) is -3.98. The van der Waals surface area contributed by atoms with Gasteiger partial charge >= 0.3 is 17.8 Å². The molecule has 2 heterocycles. The summed E-state index contributed by atoms with van der Waals surface area (Å²) >= 11 is 0. The van der Waals surface area contributed by atoms with Crippen molar-refractivity contribution in [3.63, 3.8) is 0 Å². The zero-order valence-corrected chi connectivity index (χ0v) is 15.1. The van der Waals surface area contributed by atoms with Crippen LogP contribution in [0.3, 0.4) is 0 Å². The van der Waals surface area contributed by atoms with E-state index in [1.54, 1.807) is 26.0 Å². The first kappa shape index (κ1) is 20.3. The van der Waals surface area contributed by atoms with Crippen LogP contribution in [-0.2, 0) is 6.18 Å². The Bertz CT molecular complexity index is 1050. The van der Waals surface area contributed by atoms with Gasteiger partial charge in [0.2, 0.25) is 17.5 Å². The second-order valence-electron chi connectivity index (χ2n) is 5.92. The van der Waals surface area contributed by atoms with Gasteiger partial charge in [-0.05, 0) is 37.1 Å². The van der Waals surface area contributed by atoms with Crippen molar-refractivity contribution < 1.29 is 31.6 Å². The van der Waals surface area contributed by atoms with Gasteiger partial charge < -0.3 is 14.0 Å². The molecule has 0 bridgehead atoms. The summed E-state index contributed by atoms with van der Waals surface area (Å²) in [5.41, 5.74) is 0.808. The van der Waals surface area contributed by atoms with Gasteiger partial charge in [-0.3, -0.25) is 4.98 Å². The van der Waals surface area contributed by atoms with Crippen LogP contribution in [0.1, 0.15) is 17.0 Å². The Balaban J connectivity index is 1.67. The summed E-state index contributed by atoms with van der Waals surface area (Å²) < 4.78 is 66.2. The lowest BCUT2D eigenvalue weighted by Crippen LogP contribution is -2.16. The lowest BCUT2D eigenvalue weighted by molar-refractivity contribution is -0.159. The van der Waals surface area contributed by atoms with E-state index in [1.807, 2.05) is 0 Å². The molecule has 12 heteroatoms. The zero-order valence-electron chi connectivity index (χ0n) is 15.1. The third-order valence-electron chi connectivity index (χ3n) is 3.70. The maximum absolute atomic E-state index is 13.4. The largest absolute Gasteiger partial charge is 0.489 e. The number of H-pyrrole nitrogens is 1. The van der Waals surface area contributed by atoms with Crippen molar-refractivity contribution in [2.24, 2.45) is 0 Å². The first-order valence-corrected chi connectivity index (χ1v) is 8.18. The number of nitrogens with zero attached hydrogens (tertiary/aromatic N) is 3. The van der Waals surface area contributed by atoms with E-state index in [9.17, 15) is 22.4 Å². The van der Waals surface area contributed by atoms with Gasteiger partial charge in [0.05, 0.1) is 6.20 Å². The second kappa shape index (κ2) is 7.89. The maximum atomic E-state index is 13.4. The van der Waals surface area contributed by atoms with Crippen LogP contribution < -0.4 is 15.2 Å². The Morgan fingerprint density at radius 2 is 1.79 bits per heavy atom. The Morgan fingerprint density at radius 1 is 1.14 bits per heavy atom. The highest BCUT2D eigenvalue weighted by atomic mass is 19.4. The molecule has 0 saturated carbocycles. The van der Waals surface area contributed by atoms with Crippen LogP contribution in [0.4, 0.5) is 17.6 Å². The van der Waals surface area contributed by atoms with Crippen LogP contribution in [0.5, 0.6) is 11.6 Å². The minimum atomic E-state index is -4.73. The van der Waals surface area contributed by atoms with E-state index in [1.165, 1.54) is 0 Å². The number of halogens is 4. The predicted molar refractivity (Wildman–Crippen MR) is 90.0 cm³/mol. The number of alkyl halides is 3. The molecule has 1 N–H and O–H groups in total. The Hall–Kier alpha value is -3.44. The third-order valence-corrected chi connectivity index (χ3v) is 3.70. The molecule has 0 atom stereocenters. The van der Waals surface area contributed by atoms with Crippen LogP contribution in [0.15, 0.2) is 27.6 Å². The van der Waals surface area contributed by atoms with Gasteiger partial charge in [-0.1, -0.05) is 5.16 Å². The van der Waals surface area contributed by atoms with Crippen LogP contribution in [-0.4, -0.2) is 33.3 Å². The van der Waals surface area contributed by atoms with Gasteiger partial charge in [0.1, 0.15) is 19.0 Å². The first-order valence-electron chi connectivity index (χ1n) is 8.18. The molecular formula is C17H14F4N4O4. The van der Waals surface area contributed by atoms with Crippen molar-refractivity contribution in [1.29, 1.82) is 0 Å². The van der Waals surface area contributed by atoms with E-state index in [4.69, 9.17) is 9.47 Å². The smallest absolute Gasteiger partial charge is 0.471 e. The number of aromatic amines is 1. The molecule has 0 amide bonds. The number of aryl methyl sites for hydroxylation is 2. The predicted octanol–water partition coefficient (Wildman–Crippen LogP) is 3.05. The zero-order chi connectivity index (χ0) is 21.2. The van der Waals surface area contributed by atoms with Crippen LogP contribution in [0.25, 0.3) is 11.4 Å². The Kier molecular flexibility index (Phi) is 5.52. The number of nitrogens with one attached hydrogen (secondary N) is 1. The average molecular weight is 414 g/mol. The molecule has 3 aromatic rings. The van der Waals surface area contributed by atoms with E-state index < -0.39 is 23.6 Å². The van der Waals surface area contributed by atoms with Crippen molar-refractivity contribution in [3.8, 4) is 23.0 Å². The van der Waals surface area contributed by atoms with Crippen molar-refractivity contribution in [2.75, 3.05) is 13.2 Å². The number of hydrogen-bond acceptors (Lipinski definition) is 7. The first-order chi connectivity index (χ1) is 13.6. The molecule has 0 fully saturated rings. The summed E-state index contributed by atoms with van der Waals surface area (Å²) in [5, 5.41) is 3.35. The fourth-order valence-electron chi connectivity index (χ4n) is 2.52. The van der Waals surface area contributed by atoms with E-state index in [0.29, 0.717) is 22.4 Å². The molecule has 3 rings (SSSR count). The summed E-state index contributed by atoms with van der Waals surface area (Å²) in [5.74, 6) is -2.33. The fraction of sp³-hybridized carbons (Fsp3) is 0.294. The minimum absolute atomic E-state index is 0.0191. The summed E-state index contributed by atoms with van der Waals surface area (Å²) in [6, 6.07) is 3.10. The quantitative estimate of drug-likeness (QED) is 0.488. The lowest BCUT2D eigenvalue weighted by atomic mass is 10.1. The highest BCUT2D eigenvalue weighted by Gasteiger charge is 2.38. The van der Waals surface area contributed by atoms with Gasteiger partial charge in [0.25, 0.3) is 0 Å². The molecule has 0 spiro atoms. The van der Waals surface area contributed by atoms with Crippen molar-refractivity contribution in [1.82, 2.24) is 20.1 Å². The van der Waals surface area contributed by atoms with Gasteiger partial charge in [-0.2, -0.15) is 27.5 Å². The summed E-state index contributed by atoms with van der Waals surface area (Å²) in [7, 11) is 0. The highest BCUT2D eigenvalue weighted by Crippen LogP contribution is 2.32. The molecule has 29 heavy (non-hydrogen) atoms. The molecule has 0 saturated heterocycles.